The number of hydrogen-bond acceptors (Lipinski definition) is 1. The molecular formula is C25H35N. The molecule has 26 heavy (non-hydrogen) atoms. The topological polar surface area (TPSA) is 3.24 Å². The van der Waals surface area contributed by atoms with Crippen LogP contribution in [0.4, 0.5) is 5.69 Å². The van der Waals surface area contributed by atoms with Gasteiger partial charge in [0.05, 0.1) is 0 Å². The summed E-state index contributed by atoms with van der Waals surface area (Å²) >= 11 is 0. The summed E-state index contributed by atoms with van der Waals surface area (Å²) in [7, 11) is 0. The summed E-state index contributed by atoms with van der Waals surface area (Å²) in [5.74, 6) is 1.64. The third-order valence-electron chi connectivity index (χ3n) is 6.17. The Balaban J connectivity index is 2.14. The van der Waals surface area contributed by atoms with Crippen LogP contribution < -0.4 is 4.90 Å². The lowest BCUT2D eigenvalue weighted by molar-refractivity contribution is 0.499. The molecule has 0 bridgehead atoms. The maximum absolute atomic E-state index is 2.75. The number of para-hydroxylation sites is 1. The molecule has 3 rings (SSSR count). The zero-order chi connectivity index (χ0) is 19.1. The van der Waals surface area contributed by atoms with Gasteiger partial charge >= 0.3 is 0 Å². The van der Waals surface area contributed by atoms with Crippen LogP contribution in [-0.2, 0) is 0 Å². The fourth-order valence-electron chi connectivity index (χ4n) is 4.93. The zero-order valence-corrected chi connectivity index (χ0v) is 17.6. The summed E-state index contributed by atoms with van der Waals surface area (Å²) in [6.07, 6.45) is 1.20. The van der Waals surface area contributed by atoms with E-state index in [1.807, 2.05) is 0 Å². The molecule has 1 heteroatoms. The van der Waals surface area contributed by atoms with E-state index < -0.39 is 0 Å². The third-order valence-corrected chi connectivity index (χ3v) is 6.17. The van der Waals surface area contributed by atoms with Gasteiger partial charge in [0.1, 0.15) is 0 Å². The van der Waals surface area contributed by atoms with Crippen LogP contribution in [-0.4, -0.2) is 11.6 Å². The highest BCUT2D eigenvalue weighted by molar-refractivity contribution is 5.65. The largest absolute Gasteiger partial charge is 0.363 e. The minimum atomic E-state index is 0.147. The quantitative estimate of drug-likeness (QED) is 0.569. The minimum Gasteiger partial charge on any atom is -0.363 e. The number of rotatable bonds is 4. The van der Waals surface area contributed by atoms with Gasteiger partial charge in [-0.15, -0.1) is 0 Å². The fourth-order valence-corrected chi connectivity index (χ4v) is 4.93. The van der Waals surface area contributed by atoms with Crippen molar-refractivity contribution in [1.82, 2.24) is 0 Å². The first-order valence-electron chi connectivity index (χ1n) is 10.2. The molecule has 140 valence electrons. The van der Waals surface area contributed by atoms with Crippen LogP contribution in [0.25, 0.3) is 0 Å². The van der Waals surface area contributed by atoms with E-state index in [4.69, 9.17) is 0 Å². The molecule has 0 aliphatic carbocycles. The van der Waals surface area contributed by atoms with E-state index in [2.05, 4.69) is 102 Å². The van der Waals surface area contributed by atoms with Crippen molar-refractivity contribution >= 4 is 5.69 Å². The molecule has 2 aromatic rings. The molecule has 2 atom stereocenters. The second kappa shape index (κ2) is 7.10. The van der Waals surface area contributed by atoms with Crippen molar-refractivity contribution in [3.63, 3.8) is 0 Å². The summed E-state index contributed by atoms with van der Waals surface area (Å²) in [4.78, 5) is 2.75. The molecule has 1 heterocycles. The molecule has 0 N–H and O–H groups in total. The fraction of sp³-hybridized carbons (Fsp3) is 0.520. The van der Waals surface area contributed by atoms with Crippen LogP contribution in [0.5, 0.6) is 0 Å². The number of nitrogens with zero attached hydrogens (tertiary/aromatic N) is 1. The van der Waals surface area contributed by atoms with Crippen molar-refractivity contribution in [2.75, 3.05) is 4.90 Å². The Kier molecular flexibility index (Phi) is 5.19. The predicted octanol–water partition coefficient (Wildman–Crippen LogP) is 7.09. The number of anilines is 1. The lowest BCUT2D eigenvalue weighted by atomic mass is 9.88. The summed E-state index contributed by atoms with van der Waals surface area (Å²) in [5.41, 5.74) is 6.10. The Morgan fingerprint density at radius 3 is 1.88 bits per heavy atom. The first-order chi connectivity index (χ1) is 12.2. The average molecular weight is 350 g/mol. The zero-order valence-electron chi connectivity index (χ0n) is 17.6. The second-order valence-electron chi connectivity index (χ2n) is 9.24. The molecule has 1 saturated heterocycles. The molecule has 0 spiro atoms. The highest BCUT2D eigenvalue weighted by atomic mass is 15.3. The molecule has 1 nitrogen and oxygen atoms in total. The Morgan fingerprint density at radius 2 is 1.38 bits per heavy atom. The molecule has 1 aliphatic rings. The van der Waals surface area contributed by atoms with Crippen LogP contribution in [0.3, 0.4) is 0 Å². The average Bonchev–Trinajstić information content (AvgIpc) is 2.84. The van der Waals surface area contributed by atoms with Crippen molar-refractivity contribution in [3.8, 4) is 0 Å². The molecule has 0 aromatic heterocycles. The summed E-state index contributed by atoms with van der Waals surface area (Å²) in [6, 6.07) is 18.5. The van der Waals surface area contributed by atoms with Crippen LogP contribution in [0.1, 0.15) is 89.3 Å². The van der Waals surface area contributed by atoms with Crippen LogP contribution in [0.2, 0.25) is 0 Å². The van der Waals surface area contributed by atoms with E-state index in [1.165, 1.54) is 28.8 Å². The van der Waals surface area contributed by atoms with Crippen molar-refractivity contribution in [3.05, 3.63) is 65.2 Å². The third kappa shape index (κ3) is 3.29. The Labute approximate surface area is 160 Å². The van der Waals surface area contributed by atoms with Gasteiger partial charge in [0.2, 0.25) is 0 Å². The van der Waals surface area contributed by atoms with Gasteiger partial charge in [-0.25, -0.2) is 0 Å². The lowest BCUT2D eigenvalue weighted by Crippen LogP contribution is -2.43. The SMILES string of the molecule is CC(C)c1cccc(C(C)C)c1N1[C@@H](C)C(c2ccccc2)CC1(C)C. The standard InChI is InChI=1S/C25H35N/c1-17(2)21-14-11-15-22(18(3)4)24(21)26-19(5)23(16-25(26,6)7)20-12-9-8-10-13-20/h8-15,17-19,23H,16H2,1-7H3/t19-,23?/m0/s1. The van der Waals surface area contributed by atoms with Crippen LogP contribution in [0, 0.1) is 0 Å². The first kappa shape index (κ1) is 19.0. The maximum Gasteiger partial charge on any atom is 0.0443 e. The van der Waals surface area contributed by atoms with E-state index in [1.54, 1.807) is 0 Å². The van der Waals surface area contributed by atoms with E-state index in [9.17, 15) is 0 Å². The Morgan fingerprint density at radius 1 is 0.846 bits per heavy atom. The molecular weight excluding hydrogens is 314 g/mol. The number of hydrogen-bond donors (Lipinski definition) is 0. The van der Waals surface area contributed by atoms with Crippen molar-refractivity contribution in [1.29, 1.82) is 0 Å². The van der Waals surface area contributed by atoms with E-state index in [0.717, 1.165) is 0 Å². The van der Waals surface area contributed by atoms with E-state index >= 15 is 0 Å². The van der Waals surface area contributed by atoms with Gasteiger partial charge < -0.3 is 4.90 Å². The summed E-state index contributed by atoms with van der Waals surface area (Å²) < 4.78 is 0. The molecule has 1 unspecified atom stereocenters. The summed E-state index contributed by atoms with van der Waals surface area (Å²) in [5, 5.41) is 0. The molecule has 1 fully saturated rings. The maximum atomic E-state index is 2.75. The molecule has 0 amide bonds. The lowest BCUT2D eigenvalue weighted by Gasteiger charge is -2.41. The second-order valence-corrected chi connectivity index (χ2v) is 9.24. The van der Waals surface area contributed by atoms with Gasteiger partial charge in [-0.2, -0.15) is 0 Å². The molecule has 2 aromatic carbocycles. The van der Waals surface area contributed by atoms with Gasteiger partial charge in [0, 0.05) is 23.2 Å². The molecule has 0 saturated carbocycles. The van der Waals surface area contributed by atoms with Gasteiger partial charge in [-0.05, 0) is 55.7 Å². The van der Waals surface area contributed by atoms with Crippen molar-refractivity contribution < 1.29 is 0 Å². The highest BCUT2D eigenvalue weighted by Gasteiger charge is 2.45. The van der Waals surface area contributed by atoms with Crippen molar-refractivity contribution in [2.24, 2.45) is 0 Å². The van der Waals surface area contributed by atoms with E-state index in [0.29, 0.717) is 23.8 Å². The normalized spacial score (nSPS) is 22.4. The first-order valence-corrected chi connectivity index (χ1v) is 10.2. The van der Waals surface area contributed by atoms with Gasteiger partial charge in [0.15, 0.2) is 0 Å². The minimum absolute atomic E-state index is 0.147. The smallest absolute Gasteiger partial charge is 0.0443 e. The van der Waals surface area contributed by atoms with Crippen LogP contribution >= 0.6 is 0 Å². The number of benzene rings is 2. The molecule has 0 radical (unpaired) electrons. The Hall–Kier alpha value is -1.76. The van der Waals surface area contributed by atoms with Crippen LogP contribution in [0.15, 0.2) is 48.5 Å². The monoisotopic (exact) mass is 349 g/mol. The van der Waals surface area contributed by atoms with Gasteiger partial charge in [0.25, 0.3) is 0 Å². The molecule has 1 aliphatic heterocycles. The highest BCUT2D eigenvalue weighted by Crippen LogP contribution is 2.49. The van der Waals surface area contributed by atoms with Gasteiger partial charge in [-0.3, -0.25) is 0 Å². The van der Waals surface area contributed by atoms with Crippen molar-refractivity contribution in [2.45, 2.75) is 84.2 Å². The van der Waals surface area contributed by atoms with E-state index in [-0.39, 0.29) is 5.54 Å². The Bertz CT molecular complexity index is 716. The predicted molar refractivity (Wildman–Crippen MR) is 114 cm³/mol. The summed E-state index contributed by atoms with van der Waals surface area (Å²) in [6.45, 7) is 16.6. The van der Waals surface area contributed by atoms with Gasteiger partial charge in [-0.1, -0.05) is 76.2 Å².